The number of guanidine groups is 1. The molecule has 106 valence electrons. The molecule has 1 rings (SSSR count). The van der Waals surface area contributed by atoms with Crippen LogP contribution in [0.3, 0.4) is 0 Å². The molecular formula is C16H27N3. The highest BCUT2D eigenvalue weighted by atomic mass is 15.1. The first kappa shape index (κ1) is 15.5. The highest BCUT2D eigenvalue weighted by Crippen LogP contribution is 2.15. The Morgan fingerprint density at radius 2 is 1.95 bits per heavy atom. The molecule has 0 aliphatic heterocycles. The second-order valence-electron chi connectivity index (χ2n) is 5.19. The summed E-state index contributed by atoms with van der Waals surface area (Å²) in [6, 6.07) is 8.91. The van der Waals surface area contributed by atoms with Gasteiger partial charge in [0.25, 0.3) is 0 Å². The third-order valence-corrected chi connectivity index (χ3v) is 3.10. The van der Waals surface area contributed by atoms with Crippen LogP contribution in [-0.4, -0.2) is 19.0 Å². The van der Waals surface area contributed by atoms with Crippen molar-refractivity contribution in [1.29, 1.82) is 0 Å². The average molecular weight is 261 g/mol. The molecule has 3 heteroatoms. The smallest absolute Gasteiger partial charge is 0.188 e. The number of hydrogen-bond donors (Lipinski definition) is 2. The van der Waals surface area contributed by atoms with Crippen LogP contribution in [0.1, 0.15) is 50.7 Å². The van der Waals surface area contributed by atoms with Gasteiger partial charge in [-0.3, -0.25) is 4.99 Å². The monoisotopic (exact) mass is 261 g/mol. The molecule has 1 aromatic carbocycles. The Bertz CT molecular complexity index is 379. The van der Waals surface area contributed by atoms with Gasteiger partial charge in [-0.05, 0) is 36.3 Å². The van der Waals surface area contributed by atoms with Crippen molar-refractivity contribution in [1.82, 2.24) is 5.32 Å². The third-order valence-electron chi connectivity index (χ3n) is 3.10. The van der Waals surface area contributed by atoms with Crippen LogP contribution in [-0.2, 0) is 6.42 Å². The largest absolute Gasteiger partial charge is 0.370 e. The van der Waals surface area contributed by atoms with Crippen LogP contribution in [0.15, 0.2) is 29.3 Å². The van der Waals surface area contributed by atoms with Gasteiger partial charge in [0.1, 0.15) is 0 Å². The van der Waals surface area contributed by atoms with E-state index in [0.717, 1.165) is 32.4 Å². The Kier molecular flexibility index (Phi) is 7.01. The molecule has 0 heterocycles. The lowest BCUT2D eigenvalue weighted by atomic mass is 10.0. The molecule has 0 aliphatic carbocycles. The van der Waals surface area contributed by atoms with Gasteiger partial charge in [-0.15, -0.1) is 0 Å². The maximum absolute atomic E-state index is 5.73. The number of rotatable bonds is 7. The summed E-state index contributed by atoms with van der Waals surface area (Å²) in [7, 11) is 0. The Labute approximate surface area is 117 Å². The van der Waals surface area contributed by atoms with Crippen LogP contribution in [0.5, 0.6) is 0 Å². The quantitative estimate of drug-likeness (QED) is 0.450. The molecule has 1 aromatic rings. The van der Waals surface area contributed by atoms with Crippen LogP contribution in [0.25, 0.3) is 0 Å². The topological polar surface area (TPSA) is 50.4 Å². The Hall–Kier alpha value is -1.51. The fourth-order valence-electron chi connectivity index (χ4n) is 1.87. The molecule has 0 atom stereocenters. The molecule has 0 saturated heterocycles. The van der Waals surface area contributed by atoms with E-state index in [-0.39, 0.29) is 0 Å². The van der Waals surface area contributed by atoms with Crippen molar-refractivity contribution in [3.8, 4) is 0 Å². The third kappa shape index (κ3) is 6.27. The van der Waals surface area contributed by atoms with Crippen molar-refractivity contribution in [2.24, 2.45) is 10.7 Å². The molecule has 3 N–H and O–H groups in total. The van der Waals surface area contributed by atoms with E-state index in [1.165, 1.54) is 11.1 Å². The van der Waals surface area contributed by atoms with Gasteiger partial charge >= 0.3 is 0 Å². The van der Waals surface area contributed by atoms with E-state index in [2.05, 4.69) is 55.3 Å². The molecule has 19 heavy (non-hydrogen) atoms. The second-order valence-corrected chi connectivity index (χ2v) is 5.19. The van der Waals surface area contributed by atoms with E-state index in [1.807, 2.05) is 0 Å². The molecule has 0 fully saturated rings. The number of aryl methyl sites for hydroxylation is 1. The maximum atomic E-state index is 5.73. The van der Waals surface area contributed by atoms with Crippen LogP contribution < -0.4 is 11.1 Å². The average Bonchev–Trinajstić information content (AvgIpc) is 2.41. The van der Waals surface area contributed by atoms with Gasteiger partial charge in [0.2, 0.25) is 0 Å². The van der Waals surface area contributed by atoms with Gasteiger partial charge in [-0.25, -0.2) is 0 Å². The Morgan fingerprint density at radius 3 is 2.53 bits per heavy atom. The van der Waals surface area contributed by atoms with E-state index in [4.69, 9.17) is 5.73 Å². The molecular weight excluding hydrogens is 234 g/mol. The summed E-state index contributed by atoms with van der Waals surface area (Å²) in [6.45, 7) is 8.22. The normalized spacial score (nSPS) is 11.9. The van der Waals surface area contributed by atoms with Crippen LogP contribution in [0, 0.1) is 0 Å². The molecule has 3 nitrogen and oxygen atoms in total. The highest BCUT2D eigenvalue weighted by Gasteiger charge is 1.99. The van der Waals surface area contributed by atoms with Gasteiger partial charge in [0.15, 0.2) is 5.96 Å². The lowest BCUT2D eigenvalue weighted by Crippen LogP contribution is -2.32. The number of benzene rings is 1. The van der Waals surface area contributed by atoms with Crippen LogP contribution >= 0.6 is 0 Å². The van der Waals surface area contributed by atoms with Crippen LogP contribution in [0.2, 0.25) is 0 Å². The van der Waals surface area contributed by atoms with Crippen molar-refractivity contribution in [2.75, 3.05) is 13.1 Å². The van der Waals surface area contributed by atoms with E-state index in [1.54, 1.807) is 0 Å². The molecule has 0 aliphatic rings. The second kappa shape index (κ2) is 8.57. The van der Waals surface area contributed by atoms with Gasteiger partial charge in [-0.1, -0.05) is 45.0 Å². The summed E-state index contributed by atoms with van der Waals surface area (Å²) >= 11 is 0. The van der Waals surface area contributed by atoms with Crippen LogP contribution in [0.4, 0.5) is 0 Å². The van der Waals surface area contributed by atoms with Gasteiger partial charge < -0.3 is 11.1 Å². The molecule has 0 radical (unpaired) electrons. The zero-order valence-corrected chi connectivity index (χ0v) is 12.4. The number of nitrogens with two attached hydrogens (primary N) is 1. The summed E-state index contributed by atoms with van der Waals surface area (Å²) in [5, 5.41) is 3.15. The SMILES string of the molecule is CCCN=C(N)NCCCc1ccc(C(C)C)cc1. The summed E-state index contributed by atoms with van der Waals surface area (Å²) in [6.07, 6.45) is 3.18. The predicted octanol–water partition coefficient (Wildman–Crippen LogP) is 3.06. The Balaban J connectivity index is 2.26. The molecule has 0 unspecified atom stereocenters. The van der Waals surface area contributed by atoms with Crippen molar-refractivity contribution >= 4 is 5.96 Å². The van der Waals surface area contributed by atoms with E-state index in [9.17, 15) is 0 Å². The first-order valence-electron chi connectivity index (χ1n) is 7.26. The summed E-state index contributed by atoms with van der Waals surface area (Å²) in [5.41, 5.74) is 8.52. The number of nitrogens with zero attached hydrogens (tertiary/aromatic N) is 1. The van der Waals surface area contributed by atoms with Crippen molar-refractivity contribution in [2.45, 2.75) is 46.0 Å². The fraction of sp³-hybridized carbons (Fsp3) is 0.562. The first-order valence-corrected chi connectivity index (χ1v) is 7.26. The Morgan fingerprint density at radius 1 is 1.26 bits per heavy atom. The maximum Gasteiger partial charge on any atom is 0.188 e. The first-order chi connectivity index (χ1) is 9.13. The molecule has 0 aromatic heterocycles. The van der Waals surface area contributed by atoms with Gasteiger partial charge in [0, 0.05) is 13.1 Å². The number of nitrogens with one attached hydrogen (secondary N) is 1. The van der Waals surface area contributed by atoms with Crippen molar-refractivity contribution in [3.05, 3.63) is 35.4 Å². The molecule has 0 spiro atoms. The highest BCUT2D eigenvalue weighted by molar-refractivity contribution is 5.77. The van der Waals surface area contributed by atoms with E-state index < -0.39 is 0 Å². The van der Waals surface area contributed by atoms with Gasteiger partial charge in [-0.2, -0.15) is 0 Å². The molecule has 0 bridgehead atoms. The predicted molar refractivity (Wildman–Crippen MR) is 83.6 cm³/mol. The minimum absolute atomic E-state index is 0.567. The fourth-order valence-corrected chi connectivity index (χ4v) is 1.87. The van der Waals surface area contributed by atoms with Crippen molar-refractivity contribution in [3.63, 3.8) is 0 Å². The van der Waals surface area contributed by atoms with Gasteiger partial charge in [0.05, 0.1) is 0 Å². The minimum atomic E-state index is 0.567. The summed E-state index contributed by atoms with van der Waals surface area (Å²) < 4.78 is 0. The lowest BCUT2D eigenvalue weighted by Gasteiger charge is -2.08. The summed E-state index contributed by atoms with van der Waals surface area (Å²) in [4.78, 5) is 4.20. The molecule has 0 saturated carbocycles. The standard InChI is InChI=1S/C16H27N3/c1-4-11-18-16(17)19-12-5-6-14-7-9-15(10-8-14)13(2)3/h7-10,13H,4-6,11-12H2,1-3H3,(H3,17,18,19). The van der Waals surface area contributed by atoms with E-state index >= 15 is 0 Å². The number of hydrogen-bond acceptors (Lipinski definition) is 1. The minimum Gasteiger partial charge on any atom is -0.370 e. The number of aliphatic imine (C=N–C) groups is 1. The lowest BCUT2D eigenvalue weighted by molar-refractivity contribution is 0.763. The molecule has 0 amide bonds. The summed E-state index contributed by atoms with van der Waals surface area (Å²) in [5.74, 6) is 1.17. The zero-order valence-electron chi connectivity index (χ0n) is 12.4. The zero-order chi connectivity index (χ0) is 14.1. The van der Waals surface area contributed by atoms with E-state index in [0.29, 0.717) is 11.9 Å². The van der Waals surface area contributed by atoms with Crippen molar-refractivity contribution < 1.29 is 0 Å².